The fraction of sp³-hybridized carbons (Fsp3) is 0.348. The summed E-state index contributed by atoms with van der Waals surface area (Å²) in [5, 5.41) is 3.68. The van der Waals surface area contributed by atoms with Crippen molar-refractivity contribution >= 4 is 33.4 Å². The van der Waals surface area contributed by atoms with Gasteiger partial charge in [-0.1, -0.05) is 11.6 Å². The normalized spacial score (nSPS) is 14.8. The van der Waals surface area contributed by atoms with Crippen molar-refractivity contribution in [3.8, 4) is 22.6 Å². The van der Waals surface area contributed by atoms with Gasteiger partial charge in [0.2, 0.25) is 0 Å². The second-order valence-corrected chi connectivity index (χ2v) is 10.1. The van der Waals surface area contributed by atoms with E-state index in [1.807, 2.05) is 0 Å². The van der Waals surface area contributed by atoms with E-state index in [1.165, 1.54) is 17.2 Å². The lowest BCUT2D eigenvalue weighted by molar-refractivity contribution is -0.348. The lowest BCUT2D eigenvalue weighted by Gasteiger charge is -2.31. The molecule has 2 aromatic heterocycles. The Balaban J connectivity index is 1.82. The van der Waals surface area contributed by atoms with E-state index >= 15 is 0 Å². The van der Waals surface area contributed by atoms with Gasteiger partial charge in [-0.05, 0) is 47.0 Å². The number of hydrogen-bond acceptors (Lipinski definition) is 4. The molecule has 0 bridgehead atoms. The molecule has 1 aromatic carbocycles. The van der Waals surface area contributed by atoms with Crippen LogP contribution in [0.15, 0.2) is 41.3 Å². The first-order valence-electron chi connectivity index (χ1n) is 11.1. The molecular formula is C23H14BrClF10N4O2. The van der Waals surface area contributed by atoms with Crippen LogP contribution in [-0.4, -0.2) is 57.4 Å². The Morgan fingerprint density at radius 2 is 1.61 bits per heavy atom. The number of ether oxygens (including phenoxy) is 1. The second kappa shape index (κ2) is 10.3. The molecule has 6 nitrogen and oxygen atoms in total. The molecule has 0 spiro atoms. The number of halogens is 12. The molecule has 0 aliphatic heterocycles. The minimum Gasteiger partial charge on any atom is -0.403 e. The van der Waals surface area contributed by atoms with Crippen LogP contribution in [-0.2, 0) is 5.67 Å². The van der Waals surface area contributed by atoms with E-state index in [9.17, 15) is 48.7 Å². The predicted molar refractivity (Wildman–Crippen MR) is 126 cm³/mol. The van der Waals surface area contributed by atoms with Gasteiger partial charge in [-0.3, -0.25) is 4.79 Å². The number of alkyl halides is 10. The van der Waals surface area contributed by atoms with Crippen molar-refractivity contribution in [2.75, 3.05) is 7.05 Å². The maximum Gasteiger partial charge on any atom is 0.573 e. The Labute approximate surface area is 237 Å². The van der Waals surface area contributed by atoms with Crippen LogP contribution >= 0.6 is 27.5 Å². The third kappa shape index (κ3) is 5.96. The van der Waals surface area contributed by atoms with E-state index in [0.717, 1.165) is 25.2 Å². The van der Waals surface area contributed by atoms with Gasteiger partial charge in [0, 0.05) is 46.6 Å². The number of carbonyl (C=O) groups excluding carboxylic acids is 1. The lowest BCUT2D eigenvalue weighted by atomic mass is 9.93. The average molecular weight is 684 g/mol. The Hall–Kier alpha value is -3.08. The first kappa shape index (κ1) is 30.9. The Bertz CT molecular complexity index is 1470. The van der Waals surface area contributed by atoms with Crippen molar-refractivity contribution in [3.05, 3.63) is 57.5 Å². The van der Waals surface area contributed by atoms with Gasteiger partial charge < -0.3 is 9.64 Å². The van der Waals surface area contributed by atoms with E-state index in [0.29, 0.717) is 4.68 Å². The number of nitrogens with zero attached hydrogens (tertiary/aromatic N) is 4. The number of hydrogen-bond donors (Lipinski definition) is 0. The molecule has 1 aliphatic rings. The molecule has 0 saturated heterocycles. The topological polar surface area (TPSA) is 60.2 Å². The summed E-state index contributed by atoms with van der Waals surface area (Å²) in [5.41, 5.74) is -8.77. The highest BCUT2D eigenvalue weighted by Crippen LogP contribution is 2.55. The molecule has 2 heterocycles. The molecule has 3 aromatic rings. The van der Waals surface area contributed by atoms with Crippen molar-refractivity contribution in [2.45, 2.75) is 43.3 Å². The molecule has 41 heavy (non-hydrogen) atoms. The predicted octanol–water partition coefficient (Wildman–Crippen LogP) is 7.77. The van der Waals surface area contributed by atoms with Crippen molar-refractivity contribution in [1.29, 1.82) is 0 Å². The minimum absolute atomic E-state index is 0.00321. The maximum absolute atomic E-state index is 14.7. The highest BCUT2D eigenvalue weighted by Gasteiger charge is 2.73. The van der Waals surface area contributed by atoms with Gasteiger partial charge >= 0.3 is 24.4 Å². The van der Waals surface area contributed by atoms with Crippen LogP contribution in [0.2, 0.25) is 5.15 Å². The summed E-state index contributed by atoms with van der Waals surface area (Å²) in [6, 6.07) is 1.02. The second-order valence-electron chi connectivity index (χ2n) is 8.89. The van der Waals surface area contributed by atoms with Gasteiger partial charge in [-0.15, -0.1) is 13.2 Å². The molecule has 4 rings (SSSR count). The number of amides is 1. The molecule has 1 amide bonds. The molecule has 1 fully saturated rings. The molecule has 1 aliphatic carbocycles. The Morgan fingerprint density at radius 1 is 1.00 bits per heavy atom. The highest BCUT2D eigenvalue weighted by molar-refractivity contribution is 9.10. The van der Waals surface area contributed by atoms with E-state index in [2.05, 4.69) is 30.7 Å². The van der Waals surface area contributed by atoms with E-state index < -0.39 is 51.8 Å². The van der Waals surface area contributed by atoms with Crippen LogP contribution in [0.3, 0.4) is 0 Å². The molecule has 0 atom stereocenters. The van der Waals surface area contributed by atoms with Crippen LogP contribution in [0.25, 0.3) is 16.8 Å². The van der Waals surface area contributed by atoms with Crippen LogP contribution in [0, 0.1) is 0 Å². The molecule has 0 unspecified atom stereocenters. The summed E-state index contributed by atoms with van der Waals surface area (Å²) < 4.78 is 137. The van der Waals surface area contributed by atoms with Gasteiger partial charge in [0.15, 0.2) is 5.75 Å². The fourth-order valence-electron chi connectivity index (χ4n) is 3.85. The third-order valence-corrected chi connectivity index (χ3v) is 6.97. The number of rotatable bonds is 6. The van der Waals surface area contributed by atoms with Gasteiger partial charge in [0.1, 0.15) is 10.8 Å². The summed E-state index contributed by atoms with van der Waals surface area (Å²) in [6.45, 7) is 0. The van der Waals surface area contributed by atoms with E-state index in [1.54, 1.807) is 7.05 Å². The molecule has 222 valence electrons. The van der Waals surface area contributed by atoms with Crippen LogP contribution in [0.1, 0.15) is 28.8 Å². The van der Waals surface area contributed by atoms with Gasteiger partial charge in [-0.2, -0.15) is 31.4 Å². The van der Waals surface area contributed by atoms with Crippen molar-refractivity contribution < 1.29 is 53.4 Å². The van der Waals surface area contributed by atoms with Gasteiger partial charge in [0.25, 0.3) is 5.91 Å². The van der Waals surface area contributed by atoms with E-state index in [-0.39, 0.29) is 40.0 Å². The van der Waals surface area contributed by atoms with Crippen molar-refractivity contribution in [3.63, 3.8) is 0 Å². The van der Waals surface area contributed by atoms with Crippen LogP contribution in [0.4, 0.5) is 43.9 Å². The first-order chi connectivity index (χ1) is 18.7. The minimum atomic E-state index is -6.59. The Kier molecular flexibility index (Phi) is 7.77. The highest BCUT2D eigenvalue weighted by atomic mass is 79.9. The zero-order valence-electron chi connectivity index (χ0n) is 20.1. The molecule has 0 N–H and O–H groups in total. The average Bonchev–Trinajstić information content (AvgIpc) is 3.57. The molecule has 1 saturated carbocycles. The summed E-state index contributed by atoms with van der Waals surface area (Å²) >= 11 is 8.69. The zero-order chi connectivity index (χ0) is 30.7. The van der Waals surface area contributed by atoms with Gasteiger partial charge in [-0.25, -0.2) is 14.1 Å². The Morgan fingerprint density at radius 3 is 2.15 bits per heavy atom. The number of carbonyl (C=O) groups is 1. The summed E-state index contributed by atoms with van der Waals surface area (Å²) in [5.74, 6) is -2.08. The fourth-order valence-corrected chi connectivity index (χ4v) is 4.66. The zero-order valence-corrected chi connectivity index (χ0v) is 22.4. The smallest absolute Gasteiger partial charge is 0.403 e. The maximum atomic E-state index is 14.7. The standard InChI is InChI=1S/C23H14BrClF10N4O2/c1-38(13-2-3-13)19(40)14-4-10(7-36-18(14)25)11-8-37-39(9-11)17-15(24)5-12(6-16(17)41-23(33,34)35)20(26,21(27,28)29)22(30,31)32/h4-9,13H,2-3H2,1H3. The number of aromatic nitrogens is 3. The summed E-state index contributed by atoms with van der Waals surface area (Å²) in [7, 11) is 1.56. The number of pyridine rings is 1. The van der Waals surface area contributed by atoms with Crippen LogP contribution < -0.4 is 4.74 Å². The third-order valence-electron chi connectivity index (χ3n) is 6.06. The van der Waals surface area contributed by atoms with Crippen LogP contribution in [0.5, 0.6) is 5.75 Å². The lowest BCUT2D eigenvalue weighted by Crippen LogP contribution is -2.50. The van der Waals surface area contributed by atoms with E-state index in [4.69, 9.17) is 11.6 Å². The SMILES string of the molecule is CN(C(=O)c1cc(-c2cnn(-c3c(Br)cc(C(F)(C(F)(F)F)C(F)(F)F)cc3OC(F)(F)F)c2)cnc1Cl)C1CC1. The summed E-state index contributed by atoms with van der Waals surface area (Å²) in [4.78, 5) is 18.2. The summed E-state index contributed by atoms with van der Waals surface area (Å²) in [6.07, 6.45) is -13.9. The van der Waals surface area contributed by atoms with Crippen molar-refractivity contribution in [1.82, 2.24) is 19.7 Å². The largest absolute Gasteiger partial charge is 0.573 e. The molecular weight excluding hydrogens is 670 g/mol. The number of benzene rings is 1. The molecule has 0 radical (unpaired) electrons. The first-order valence-corrected chi connectivity index (χ1v) is 12.3. The monoisotopic (exact) mass is 682 g/mol. The molecule has 18 heteroatoms. The van der Waals surface area contributed by atoms with Crippen molar-refractivity contribution in [2.24, 2.45) is 0 Å². The quantitative estimate of drug-likeness (QED) is 0.197. The van der Waals surface area contributed by atoms with Gasteiger partial charge in [0.05, 0.1) is 11.8 Å².